The van der Waals surface area contributed by atoms with Crippen LogP contribution >= 0.6 is 15.9 Å². The molecule has 0 unspecified atom stereocenters. The maximum Gasteiger partial charge on any atom is 0.337 e. The molecule has 0 aliphatic carbocycles. The van der Waals surface area contributed by atoms with Gasteiger partial charge in [0.25, 0.3) is 5.91 Å². The predicted octanol–water partition coefficient (Wildman–Crippen LogP) is 4.79. The first kappa shape index (κ1) is 18.2. The molecule has 2 aromatic rings. The van der Waals surface area contributed by atoms with Crippen molar-refractivity contribution in [2.75, 3.05) is 12.4 Å². The van der Waals surface area contributed by atoms with Crippen LogP contribution in [0.25, 0.3) is 0 Å². The van der Waals surface area contributed by atoms with Crippen LogP contribution in [0, 0.1) is 0 Å². The first-order valence-corrected chi connectivity index (χ1v) is 8.31. The fraction of sp³-hybridized carbons (Fsp3) is 0.263. The number of methoxy groups -OCH3 is 1. The minimum Gasteiger partial charge on any atom is -0.465 e. The van der Waals surface area contributed by atoms with Crippen LogP contribution in [-0.2, 0) is 10.2 Å². The molecule has 2 aromatic carbocycles. The maximum absolute atomic E-state index is 12.4. The van der Waals surface area contributed by atoms with Gasteiger partial charge >= 0.3 is 5.97 Å². The van der Waals surface area contributed by atoms with Gasteiger partial charge in [0.2, 0.25) is 0 Å². The van der Waals surface area contributed by atoms with Crippen molar-refractivity contribution in [2.24, 2.45) is 0 Å². The van der Waals surface area contributed by atoms with Crippen LogP contribution in [0.2, 0.25) is 0 Å². The van der Waals surface area contributed by atoms with Gasteiger partial charge in [-0.15, -0.1) is 0 Å². The fourth-order valence-electron chi connectivity index (χ4n) is 2.28. The normalized spacial score (nSPS) is 11.0. The van der Waals surface area contributed by atoms with Crippen molar-refractivity contribution in [3.63, 3.8) is 0 Å². The highest BCUT2D eigenvalue weighted by Crippen LogP contribution is 2.30. The minimum atomic E-state index is -0.408. The Morgan fingerprint density at radius 3 is 2.08 bits per heavy atom. The van der Waals surface area contributed by atoms with E-state index >= 15 is 0 Å². The molecule has 0 aliphatic rings. The number of nitrogens with one attached hydrogen (secondary N) is 1. The molecule has 0 bridgehead atoms. The zero-order chi connectivity index (χ0) is 17.9. The second kappa shape index (κ2) is 7.18. The molecule has 0 heterocycles. The lowest BCUT2D eigenvalue weighted by molar-refractivity contribution is 0.0600. The Balaban J connectivity index is 2.15. The van der Waals surface area contributed by atoms with Crippen molar-refractivity contribution >= 4 is 33.5 Å². The number of halogens is 1. The smallest absolute Gasteiger partial charge is 0.337 e. The van der Waals surface area contributed by atoms with Crippen LogP contribution in [0.4, 0.5) is 5.69 Å². The van der Waals surface area contributed by atoms with Crippen molar-refractivity contribution < 1.29 is 14.3 Å². The van der Waals surface area contributed by atoms with E-state index in [2.05, 4.69) is 46.8 Å². The highest BCUT2D eigenvalue weighted by atomic mass is 79.9. The third-order valence-electron chi connectivity index (χ3n) is 3.60. The van der Waals surface area contributed by atoms with Gasteiger partial charge in [-0.3, -0.25) is 4.79 Å². The Bertz CT molecular complexity index is 761. The lowest BCUT2D eigenvalue weighted by atomic mass is 9.86. The molecule has 0 atom stereocenters. The summed E-state index contributed by atoms with van der Waals surface area (Å²) in [5, 5.41) is 2.82. The third-order valence-corrected chi connectivity index (χ3v) is 4.26. The molecule has 0 spiro atoms. The van der Waals surface area contributed by atoms with Crippen LogP contribution in [0.5, 0.6) is 0 Å². The van der Waals surface area contributed by atoms with E-state index in [4.69, 9.17) is 0 Å². The van der Waals surface area contributed by atoms with E-state index in [-0.39, 0.29) is 11.3 Å². The summed E-state index contributed by atoms with van der Waals surface area (Å²) in [6.45, 7) is 6.36. The summed E-state index contributed by atoms with van der Waals surface area (Å²) in [7, 11) is 1.33. The van der Waals surface area contributed by atoms with Gasteiger partial charge in [0.15, 0.2) is 0 Å². The molecule has 126 valence electrons. The van der Waals surface area contributed by atoms with Gasteiger partial charge < -0.3 is 10.1 Å². The quantitative estimate of drug-likeness (QED) is 0.767. The number of amides is 1. The van der Waals surface area contributed by atoms with Crippen molar-refractivity contribution in [1.82, 2.24) is 0 Å². The summed E-state index contributed by atoms with van der Waals surface area (Å²) in [4.78, 5) is 23.8. The Morgan fingerprint density at radius 1 is 1.00 bits per heavy atom. The topological polar surface area (TPSA) is 55.4 Å². The molecule has 0 aliphatic heterocycles. The molecule has 1 N–H and O–H groups in total. The van der Waals surface area contributed by atoms with Gasteiger partial charge in [-0.25, -0.2) is 4.79 Å². The molecule has 0 fully saturated rings. The van der Waals surface area contributed by atoms with Crippen LogP contribution in [0.1, 0.15) is 47.1 Å². The van der Waals surface area contributed by atoms with Crippen LogP contribution in [0.15, 0.2) is 46.9 Å². The number of carbonyl (C=O) groups excluding carboxylic acids is 2. The number of hydrogen-bond donors (Lipinski definition) is 1. The van der Waals surface area contributed by atoms with Gasteiger partial charge in [0, 0.05) is 15.7 Å². The average molecular weight is 390 g/mol. The lowest BCUT2D eigenvalue weighted by Gasteiger charge is -2.21. The van der Waals surface area contributed by atoms with Crippen LogP contribution in [-0.4, -0.2) is 19.0 Å². The van der Waals surface area contributed by atoms with Crippen LogP contribution in [0.3, 0.4) is 0 Å². The van der Waals surface area contributed by atoms with Crippen molar-refractivity contribution in [2.45, 2.75) is 26.2 Å². The minimum absolute atomic E-state index is 0.00242. The van der Waals surface area contributed by atoms with Gasteiger partial charge in [-0.2, -0.15) is 0 Å². The van der Waals surface area contributed by atoms with Crippen molar-refractivity contribution in [3.8, 4) is 0 Å². The largest absolute Gasteiger partial charge is 0.465 e. The number of hydrogen-bond acceptors (Lipinski definition) is 3. The van der Waals surface area contributed by atoms with Gasteiger partial charge in [-0.05, 0) is 47.4 Å². The van der Waals surface area contributed by atoms with Gasteiger partial charge in [0.05, 0.1) is 12.7 Å². The molecule has 0 saturated carbocycles. The van der Waals surface area contributed by atoms with E-state index in [0.717, 1.165) is 10.0 Å². The van der Waals surface area contributed by atoms with E-state index in [0.29, 0.717) is 16.8 Å². The molecule has 4 nitrogen and oxygen atoms in total. The summed E-state index contributed by atoms with van der Waals surface area (Å²) in [6, 6.07) is 12.1. The number of ether oxygens (including phenoxy) is 1. The maximum atomic E-state index is 12.4. The lowest BCUT2D eigenvalue weighted by Crippen LogP contribution is -2.15. The number of esters is 1. The molecular weight excluding hydrogens is 370 g/mol. The Labute approximate surface area is 150 Å². The number of benzene rings is 2. The fourth-order valence-corrected chi connectivity index (χ4v) is 3.25. The van der Waals surface area contributed by atoms with Gasteiger partial charge in [0.1, 0.15) is 0 Å². The van der Waals surface area contributed by atoms with Crippen molar-refractivity contribution in [3.05, 3.63) is 63.6 Å². The summed E-state index contributed by atoms with van der Waals surface area (Å²) >= 11 is 3.54. The van der Waals surface area contributed by atoms with E-state index in [1.54, 1.807) is 24.3 Å². The average Bonchev–Trinajstić information content (AvgIpc) is 2.53. The first-order valence-electron chi connectivity index (χ1n) is 7.52. The number of carbonyl (C=O) groups is 2. The monoisotopic (exact) mass is 389 g/mol. The highest BCUT2D eigenvalue weighted by molar-refractivity contribution is 9.10. The first-order chi connectivity index (χ1) is 11.2. The SMILES string of the molecule is COC(=O)c1ccc(NC(=O)c2ccc(C(C)(C)C)c(Br)c2)cc1. The summed E-state index contributed by atoms with van der Waals surface area (Å²) < 4.78 is 5.55. The molecule has 1 amide bonds. The van der Waals surface area contributed by atoms with Crippen LogP contribution < -0.4 is 5.32 Å². The standard InChI is InChI=1S/C19H20BrNO3/c1-19(2,3)15-10-7-13(11-16(15)20)17(22)21-14-8-5-12(6-9-14)18(23)24-4/h5-11H,1-4H3,(H,21,22). The Morgan fingerprint density at radius 2 is 1.58 bits per heavy atom. The Kier molecular flexibility index (Phi) is 5.44. The number of rotatable bonds is 3. The van der Waals surface area contributed by atoms with E-state index in [9.17, 15) is 9.59 Å². The summed E-state index contributed by atoms with van der Waals surface area (Å²) in [6.07, 6.45) is 0. The second-order valence-corrected chi connectivity index (χ2v) is 7.32. The van der Waals surface area contributed by atoms with E-state index in [1.807, 2.05) is 18.2 Å². The summed E-state index contributed by atoms with van der Waals surface area (Å²) in [5.74, 6) is -0.614. The Hall–Kier alpha value is -2.14. The molecule has 24 heavy (non-hydrogen) atoms. The predicted molar refractivity (Wildman–Crippen MR) is 98.6 cm³/mol. The zero-order valence-corrected chi connectivity index (χ0v) is 15.7. The molecule has 0 radical (unpaired) electrons. The number of anilines is 1. The molecule has 2 rings (SSSR count). The van der Waals surface area contributed by atoms with E-state index in [1.165, 1.54) is 7.11 Å². The molecule has 5 heteroatoms. The van der Waals surface area contributed by atoms with Crippen molar-refractivity contribution in [1.29, 1.82) is 0 Å². The summed E-state index contributed by atoms with van der Waals surface area (Å²) in [5.41, 5.74) is 2.75. The third kappa shape index (κ3) is 4.23. The molecule has 0 saturated heterocycles. The zero-order valence-electron chi connectivity index (χ0n) is 14.1. The second-order valence-electron chi connectivity index (χ2n) is 6.47. The van der Waals surface area contributed by atoms with Gasteiger partial charge in [-0.1, -0.05) is 42.8 Å². The molecule has 0 aromatic heterocycles. The van der Waals surface area contributed by atoms with E-state index < -0.39 is 5.97 Å². The highest BCUT2D eigenvalue weighted by Gasteiger charge is 2.18. The molecular formula is C19H20BrNO3.